The van der Waals surface area contributed by atoms with Crippen molar-refractivity contribution in [3.8, 4) is 0 Å². The van der Waals surface area contributed by atoms with Crippen LogP contribution < -0.4 is 5.32 Å². The molecule has 598 valence electrons. The topological polar surface area (TPSA) is 499 Å². The van der Waals surface area contributed by atoms with Crippen LogP contribution in [-0.2, 0) is 92.4 Å². The third-order valence-electron chi connectivity index (χ3n) is 18.4. The SMILES string of the molecule is [3H]C1C[C@H](C)O[C@@H]1COP(=O)(O)OCC(COCCCOP(=O)(O)OCCCCCCO[C@@H]1CC(CO)[C@H](O)[C@H](O)C1C)(COCCCOP(=O)(O)OCCCCCCO[C@@H]1CC(CO)[C@H](O)[C@H](O)C1C)COCCCOP(=O)(O)OCCCCCCO[C@@H]1CC(CO)[C@H](O)[C@H](O)C1NC(C)=O. The van der Waals surface area contributed by atoms with Crippen molar-refractivity contribution in [1.29, 1.82) is 0 Å². The highest BCUT2D eigenvalue weighted by atomic mass is 31.2. The Bertz CT molecular complexity index is 2370. The average molecular weight is 1550 g/mol. The second-order valence-corrected chi connectivity index (χ2v) is 32.8. The van der Waals surface area contributed by atoms with E-state index < -0.39 is 135 Å². The van der Waals surface area contributed by atoms with Gasteiger partial charge >= 0.3 is 31.3 Å². The number of hydrogen-bond donors (Lipinski definition) is 14. The molecule has 0 spiro atoms. The number of ether oxygens (including phenoxy) is 7. The van der Waals surface area contributed by atoms with Crippen LogP contribution in [0.4, 0.5) is 0 Å². The molecule has 11 unspecified atom stereocenters. The van der Waals surface area contributed by atoms with Crippen molar-refractivity contribution in [3.63, 3.8) is 0 Å². The number of phosphoric acid groups is 4. The Hall–Kier alpha value is -0.730. The fourth-order valence-electron chi connectivity index (χ4n) is 12.2. The lowest BCUT2D eigenvalue weighted by molar-refractivity contribution is -0.144. The van der Waals surface area contributed by atoms with Gasteiger partial charge in [-0.3, -0.25) is 41.0 Å². The van der Waals surface area contributed by atoms with Crippen molar-refractivity contribution in [3.05, 3.63) is 0 Å². The predicted molar refractivity (Wildman–Crippen MR) is 361 cm³/mol. The molecule has 4 fully saturated rings. The summed E-state index contributed by atoms with van der Waals surface area (Å²) in [5.74, 6) is -2.64. The van der Waals surface area contributed by atoms with Crippen molar-refractivity contribution < 1.29 is 159 Å². The van der Waals surface area contributed by atoms with Crippen LogP contribution in [0.1, 0.15) is 157 Å². The van der Waals surface area contributed by atoms with Gasteiger partial charge in [-0.2, -0.15) is 0 Å². The first kappa shape index (κ1) is 90.9. The van der Waals surface area contributed by atoms with Gasteiger partial charge in [-0.05, 0) is 96.8 Å². The van der Waals surface area contributed by atoms with Gasteiger partial charge in [-0.25, -0.2) is 18.3 Å². The third-order valence-corrected chi connectivity index (χ3v) is 22.4. The summed E-state index contributed by atoms with van der Waals surface area (Å²) in [5, 5.41) is 93.5. The van der Waals surface area contributed by atoms with Crippen LogP contribution >= 0.6 is 31.3 Å². The molecule has 1 saturated heterocycles. The van der Waals surface area contributed by atoms with Gasteiger partial charge in [0, 0.05) is 97.3 Å². The highest BCUT2D eigenvalue weighted by Gasteiger charge is 2.46. The number of aliphatic hydroxyl groups excluding tert-OH is 9. The number of phosphoric ester groups is 4. The molecule has 14 N–H and O–H groups in total. The van der Waals surface area contributed by atoms with E-state index in [1.807, 2.05) is 0 Å². The van der Waals surface area contributed by atoms with Gasteiger partial charge < -0.3 is 104 Å². The molecule has 0 aromatic rings. The van der Waals surface area contributed by atoms with Crippen molar-refractivity contribution in [1.82, 2.24) is 5.32 Å². The monoisotopic (exact) mass is 1550 g/mol. The zero-order valence-electron chi connectivity index (χ0n) is 60.2. The number of unbranched alkanes of at least 4 members (excludes halogenated alkanes) is 9. The van der Waals surface area contributed by atoms with E-state index in [-0.39, 0.29) is 162 Å². The number of carbonyl (C=O) groups excluding carboxylic acids is 1. The lowest BCUT2D eigenvalue weighted by Crippen LogP contribution is -2.61. The molecule has 101 heavy (non-hydrogen) atoms. The Kier molecular flexibility index (Phi) is 44.5. The molecule has 4 rings (SSSR count). The number of aliphatic hydroxyl groups is 9. The van der Waals surface area contributed by atoms with E-state index in [1.165, 1.54) is 6.92 Å². The van der Waals surface area contributed by atoms with Crippen LogP contribution in [0.25, 0.3) is 0 Å². The summed E-state index contributed by atoms with van der Waals surface area (Å²) < 4.78 is 144. The first-order chi connectivity index (χ1) is 48.4. The summed E-state index contributed by atoms with van der Waals surface area (Å²) in [7, 11) is -18.4. The number of carbonyl (C=O) groups is 1. The van der Waals surface area contributed by atoms with Gasteiger partial charge in [0.25, 0.3) is 0 Å². The molecule has 38 heteroatoms. The maximum Gasteiger partial charge on any atom is 0.472 e. The smallest absolute Gasteiger partial charge is 0.396 e. The van der Waals surface area contributed by atoms with Crippen LogP contribution in [0.15, 0.2) is 0 Å². The summed E-state index contributed by atoms with van der Waals surface area (Å²) >= 11 is 0. The van der Waals surface area contributed by atoms with Crippen LogP contribution in [0, 0.1) is 35.0 Å². The molecule has 0 radical (unpaired) electrons. The molecule has 0 bridgehead atoms. The Morgan fingerprint density at radius 3 is 1.11 bits per heavy atom. The average Bonchev–Trinajstić information content (AvgIpc) is 0.958. The lowest BCUT2D eigenvalue weighted by Gasteiger charge is -2.42. The Balaban J connectivity index is 1.27. The summed E-state index contributed by atoms with van der Waals surface area (Å²) in [6.45, 7) is 3.15. The van der Waals surface area contributed by atoms with Gasteiger partial charge in [0.2, 0.25) is 5.91 Å². The normalized spacial score (nSPS) is 31.9. The largest absolute Gasteiger partial charge is 0.472 e. The highest BCUT2D eigenvalue weighted by Crippen LogP contribution is 2.48. The van der Waals surface area contributed by atoms with Crippen molar-refractivity contribution in [2.75, 3.05) is 132 Å². The van der Waals surface area contributed by atoms with E-state index >= 15 is 0 Å². The van der Waals surface area contributed by atoms with E-state index in [2.05, 4.69) is 5.32 Å². The first-order valence-electron chi connectivity index (χ1n) is 36.3. The van der Waals surface area contributed by atoms with E-state index in [4.69, 9.17) is 70.7 Å². The molecule has 22 atom stereocenters. The van der Waals surface area contributed by atoms with E-state index in [1.54, 1.807) is 20.8 Å². The maximum absolute atomic E-state index is 13.5. The standard InChI is InChI=1S/C63H123NO33P4/c1-45-20-21-52(97-45)40-95-101(81,82)96-44-63(41-83-22-17-31-92-98(75,76)89-28-14-8-5-11-25-86-53-34-49(37-65)59(71)57(69)46(53)2,42-84-23-18-32-93-99(77,78)90-29-15-9-6-12-26-87-54-35-50(38-66)60(72)58(70)47(54)3)43-85-24-19-33-94-100(79,80)91-30-16-10-7-13-27-88-55-36-51(39-67)61(73)62(74)56(55)64-48(4)68/h45-47,49-62,65-67,69-74H,5-44H2,1-4H3,(H,64,68)(H,75,76)(H,77,78)(H,79,80)(H,81,82)/t45-,46?,47?,49?,50?,51?,52-,53+,54+,55+,56?,57+,58+,59-,60-,61-,62+,63?/m0/s1/i21T/t21?,45-,46?,47?,49?,50?,51?,52-,53+,54+,55+,56?,57+,58+,59-,60-,61-,62+,63?. The van der Waals surface area contributed by atoms with Crippen molar-refractivity contribution >= 4 is 37.2 Å². The molecular weight excluding hydrogens is 1420 g/mol. The minimum atomic E-state index is -4.90. The lowest BCUT2D eigenvalue weighted by atomic mass is 9.77. The fraction of sp³-hybridized carbons (Fsp3) is 0.984. The number of hydrogen-bond acceptors (Lipinski definition) is 29. The number of rotatable bonds is 58. The van der Waals surface area contributed by atoms with Gasteiger partial charge in [0.1, 0.15) is 6.10 Å². The quantitative estimate of drug-likeness (QED) is 0.0301. The third kappa shape index (κ3) is 36.6. The van der Waals surface area contributed by atoms with Crippen LogP contribution in [0.3, 0.4) is 0 Å². The molecule has 34 nitrogen and oxygen atoms in total. The van der Waals surface area contributed by atoms with Crippen molar-refractivity contribution in [2.45, 2.75) is 229 Å². The summed E-state index contributed by atoms with van der Waals surface area (Å²) in [6, 6.07) is -0.867. The zero-order chi connectivity index (χ0) is 75.4. The van der Waals surface area contributed by atoms with Crippen LogP contribution in [0.2, 0.25) is 0 Å². The molecule has 1 heterocycles. The second kappa shape index (κ2) is 49.4. The molecule has 0 aromatic carbocycles. The molecule has 1 amide bonds. The first-order valence-corrected chi connectivity index (χ1v) is 41.7. The molecule has 1 aliphatic heterocycles. The molecule has 3 aliphatic carbocycles. The molecule has 3 saturated carbocycles. The molecule has 4 aliphatic rings. The zero-order valence-corrected chi connectivity index (χ0v) is 62.8. The maximum atomic E-state index is 13.5. The van der Waals surface area contributed by atoms with Gasteiger partial charge in [0.05, 0.1) is 145 Å². The van der Waals surface area contributed by atoms with Gasteiger partial charge in [-0.15, -0.1) is 0 Å². The molecule has 0 aromatic heterocycles. The minimum Gasteiger partial charge on any atom is -0.396 e. The predicted octanol–water partition coefficient (Wildman–Crippen LogP) is 4.11. The van der Waals surface area contributed by atoms with Crippen LogP contribution in [0.5, 0.6) is 0 Å². The number of amides is 1. The van der Waals surface area contributed by atoms with Gasteiger partial charge in [0.15, 0.2) is 0 Å². The van der Waals surface area contributed by atoms with Gasteiger partial charge in [-0.1, -0.05) is 52.4 Å². The second-order valence-electron chi connectivity index (χ2n) is 27.0. The van der Waals surface area contributed by atoms with E-state index in [0.717, 1.165) is 0 Å². The Morgan fingerprint density at radius 2 is 0.762 bits per heavy atom. The summed E-state index contributed by atoms with van der Waals surface area (Å²) in [6.07, 6.45) is -1.21. The number of nitrogens with one attached hydrogen (secondary N) is 1. The van der Waals surface area contributed by atoms with E-state index in [0.29, 0.717) is 110 Å². The fourth-order valence-corrected chi connectivity index (χ4v) is 15.5. The minimum absolute atomic E-state index is 0.0326. The molecular formula is C63H123NO33P4. The highest BCUT2D eigenvalue weighted by molar-refractivity contribution is 7.48. The Labute approximate surface area is 596 Å². The summed E-state index contributed by atoms with van der Waals surface area (Å²) in [5.41, 5.74) is -1.46. The Morgan fingerprint density at radius 1 is 0.436 bits per heavy atom. The van der Waals surface area contributed by atoms with Crippen molar-refractivity contribution in [2.24, 2.45) is 35.0 Å². The summed E-state index contributed by atoms with van der Waals surface area (Å²) in [4.78, 5) is 54.0. The van der Waals surface area contributed by atoms with Crippen LogP contribution in [-0.4, -0.2) is 277 Å². The van der Waals surface area contributed by atoms with E-state index in [9.17, 15) is 88.6 Å².